The second-order valence-corrected chi connectivity index (χ2v) is 9.24. The molecule has 0 fully saturated rings. The summed E-state index contributed by atoms with van der Waals surface area (Å²) in [5, 5.41) is 14.7. The number of fused-ring (bicyclic) bond motifs is 1. The van der Waals surface area contributed by atoms with Gasteiger partial charge >= 0.3 is 5.97 Å². The van der Waals surface area contributed by atoms with Gasteiger partial charge in [-0.25, -0.2) is 4.79 Å². The summed E-state index contributed by atoms with van der Waals surface area (Å²) in [6.45, 7) is 10.9. The van der Waals surface area contributed by atoms with Crippen LogP contribution in [0.15, 0.2) is 60.7 Å². The van der Waals surface area contributed by atoms with Crippen LogP contribution >= 0.6 is 0 Å². The summed E-state index contributed by atoms with van der Waals surface area (Å²) in [5.41, 5.74) is 6.61. The van der Waals surface area contributed by atoms with Gasteiger partial charge in [-0.05, 0) is 81.1 Å². The quantitative estimate of drug-likeness (QED) is 0.229. The molecule has 0 radical (unpaired) electrons. The number of carboxylic acid groups (broad SMARTS) is 1. The van der Waals surface area contributed by atoms with Gasteiger partial charge in [0.15, 0.2) is 11.5 Å². The van der Waals surface area contributed by atoms with Gasteiger partial charge < -0.3 is 24.5 Å². The van der Waals surface area contributed by atoms with Gasteiger partial charge in [0.1, 0.15) is 5.69 Å². The molecule has 2 N–H and O–H groups in total. The van der Waals surface area contributed by atoms with Crippen molar-refractivity contribution in [2.24, 2.45) is 0 Å². The summed E-state index contributed by atoms with van der Waals surface area (Å²) in [7, 11) is 0. The highest BCUT2D eigenvalue weighted by molar-refractivity contribution is 5.98. The molecule has 3 aromatic carbocycles. The van der Waals surface area contributed by atoms with Crippen molar-refractivity contribution >= 4 is 16.9 Å². The molecule has 0 aliphatic rings. The fourth-order valence-electron chi connectivity index (χ4n) is 4.77. The first-order valence-corrected chi connectivity index (χ1v) is 12.9. The number of aryl methyl sites for hydroxylation is 2. The van der Waals surface area contributed by atoms with Crippen molar-refractivity contribution in [1.82, 2.24) is 9.88 Å². The molecule has 0 unspecified atom stereocenters. The van der Waals surface area contributed by atoms with Crippen LogP contribution in [-0.2, 0) is 19.5 Å². The molecule has 6 heteroatoms. The summed E-state index contributed by atoms with van der Waals surface area (Å²) >= 11 is 0. The zero-order chi connectivity index (χ0) is 26.4. The Hall–Kier alpha value is -3.77. The number of aromatic nitrogens is 1. The highest BCUT2D eigenvalue weighted by atomic mass is 16.5. The Morgan fingerprint density at radius 1 is 0.946 bits per heavy atom. The maximum Gasteiger partial charge on any atom is 0.352 e. The molecule has 1 heterocycles. The number of aromatic carboxylic acids is 1. The second kappa shape index (κ2) is 12.0. The highest BCUT2D eigenvalue weighted by Gasteiger charge is 2.22. The number of carbonyl (C=O) groups is 1. The third kappa shape index (κ3) is 5.97. The molecule has 0 aliphatic heterocycles. The Bertz CT molecular complexity index is 1390. The zero-order valence-electron chi connectivity index (χ0n) is 22.1. The van der Waals surface area contributed by atoms with Crippen LogP contribution in [0.1, 0.15) is 52.2 Å². The van der Waals surface area contributed by atoms with Gasteiger partial charge in [-0.1, -0.05) is 42.5 Å². The SMILES string of the molecule is CCOc1ccc(CCNCc2c(C(=O)O)n(Cc3ccccc3C)c3cc(C)ccc23)cc1OCC. The minimum atomic E-state index is -0.910. The highest BCUT2D eigenvalue weighted by Crippen LogP contribution is 2.30. The van der Waals surface area contributed by atoms with Crippen LogP contribution in [0.3, 0.4) is 0 Å². The van der Waals surface area contributed by atoms with E-state index < -0.39 is 5.97 Å². The van der Waals surface area contributed by atoms with E-state index in [0.717, 1.165) is 56.6 Å². The average molecular weight is 501 g/mol. The molecule has 194 valence electrons. The number of nitrogens with one attached hydrogen (secondary N) is 1. The molecular formula is C31H36N2O4. The van der Waals surface area contributed by atoms with E-state index in [1.54, 1.807) is 0 Å². The second-order valence-electron chi connectivity index (χ2n) is 9.24. The van der Waals surface area contributed by atoms with Crippen LogP contribution in [0.5, 0.6) is 11.5 Å². The van der Waals surface area contributed by atoms with Crippen LogP contribution in [0.4, 0.5) is 0 Å². The lowest BCUT2D eigenvalue weighted by atomic mass is 10.1. The topological polar surface area (TPSA) is 72.7 Å². The summed E-state index contributed by atoms with van der Waals surface area (Å²) < 4.78 is 13.4. The van der Waals surface area contributed by atoms with Crippen LogP contribution in [0.25, 0.3) is 10.9 Å². The maximum absolute atomic E-state index is 12.5. The number of benzene rings is 3. The van der Waals surface area contributed by atoms with Crippen molar-refractivity contribution in [2.45, 2.75) is 47.2 Å². The lowest BCUT2D eigenvalue weighted by Crippen LogP contribution is -2.19. The summed E-state index contributed by atoms with van der Waals surface area (Å²) in [6.07, 6.45) is 0.788. The van der Waals surface area contributed by atoms with Crippen LogP contribution in [0, 0.1) is 13.8 Å². The van der Waals surface area contributed by atoms with Crippen LogP contribution in [0.2, 0.25) is 0 Å². The molecule has 4 rings (SSSR count). The fourth-order valence-corrected chi connectivity index (χ4v) is 4.77. The van der Waals surface area contributed by atoms with Gasteiger partial charge in [-0.2, -0.15) is 0 Å². The molecule has 1 aromatic heterocycles. The van der Waals surface area contributed by atoms with Crippen molar-refractivity contribution in [3.8, 4) is 11.5 Å². The third-order valence-electron chi connectivity index (χ3n) is 6.62. The Labute approximate surface area is 218 Å². The van der Waals surface area contributed by atoms with Gasteiger partial charge in [0.05, 0.1) is 13.2 Å². The summed E-state index contributed by atoms with van der Waals surface area (Å²) in [5.74, 6) is 0.598. The molecule has 0 saturated carbocycles. The molecule has 0 amide bonds. The van der Waals surface area contributed by atoms with E-state index in [2.05, 4.69) is 36.5 Å². The number of hydrogen-bond donors (Lipinski definition) is 2. The normalized spacial score (nSPS) is 11.1. The van der Waals surface area contributed by atoms with Gasteiger partial charge in [-0.3, -0.25) is 0 Å². The predicted molar refractivity (Wildman–Crippen MR) is 148 cm³/mol. The van der Waals surface area contributed by atoms with E-state index in [-0.39, 0.29) is 0 Å². The zero-order valence-corrected chi connectivity index (χ0v) is 22.1. The van der Waals surface area contributed by atoms with E-state index in [1.807, 2.05) is 61.7 Å². The molecule has 37 heavy (non-hydrogen) atoms. The van der Waals surface area contributed by atoms with Gasteiger partial charge in [0.25, 0.3) is 0 Å². The molecule has 0 spiro atoms. The minimum Gasteiger partial charge on any atom is -0.490 e. The Morgan fingerprint density at radius 2 is 1.70 bits per heavy atom. The van der Waals surface area contributed by atoms with Crippen molar-refractivity contribution in [2.75, 3.05) is 19.8 Å². The third-order valence-corrected chi connectivity index (χ3v) is 6.62. The van der Waals surface area contributed by atoms with Gasteiger partial charge in [0, 0.05) is 29.6 Å². The molecular weight excluding hydrogens is 464 g/mol. The van der Waals surface area contributed by atoms with Gasteiger partial charge in [0.2, 0.25) is 0 Å². The lowest BCUT2D eigenvalue weighted by Gasteiger charge is -2.13. The van der Waals surface area contributed by atoms with E-state index in [4.69, 9.17) is 9.47 Å². The number of nitrogens with zero attached hydrogens (tertiary/aromatic N) is 1. The lowest BCUT2D eigenvalue weighted by molar-refractivity contribution is 0.0684. The molecule has 4 aromatic rings. The van der Waals surface area contributed by atoms with E-state index >= 15 is 0 Å². The van der Waals surface area contributed by atoms with E-state index in [0.29, 0.717) is 38.5 Å². The number of hydrogen-bond acceptors (Lipinski definition) is 4. The van der Waals surface area contributed by atoms with Gasteiger partial charge in [-0.15, -0.1) is 0 Å². The smallest absolute Gasteiger partial charge is 0.352 e. The van der Waals surface area contributed by atoms with E-state index in [1.165, 1.54) is 0 Å². The predicted octanol–water partition coefficient (Wildman–Crippen LogP) is 6.13. The monoisotopic (exact) mass is 500 g/mol. The fraction of sp³-hybridized carbons (Fsp3) is 0.323. The van der Waals surface area contributed by atoms with Crippen molar-refractivity contribution in [3.63, 3.8) is 0 Å². The minimum absolute atomic E-state index is 0.344. The molecule has 0 atom stereocenters. The Kier molecular flexibility index (Phi) is 8.51. The standard InChI is InChI=1S/C31H36N2O4/c1-5-36-28-14-12-23(18-29(28)37-6-2)15-16-32-19-26-25-13-11-21(3)17-27(25)33(30(26)31(34)35)20-24-10-8-7-9-22(24)4/h7-14,17-18,32H,5-6,15-16,19-20H2,1-4H3,(H,34,35). The van der Waals surface area contributed by atoms with E-state index in [9.17, 15) is 9.90 Å². The number of carboxylic acids is 1. The van der Waals surface area contributed by atoms with Crippen molar-refractivity contribution in [1.29, 1.82) is 0 Å². The average Bonchev–Trinajstić information content (AvgIpc) is 3.17. The summed E-state index contributed by atoms with van der Waals surface area (Å²) in [6, 6.07) is 20.3. The number of rotatable bonds is 12. The van der Waals surface area contributed by atoms with Crippen molar-refractivity contribution in [3.05, 3.63) is 94.2 Å². The maximum atomic E-state index is 12.5. The Morgan fingerprint density at radius 3 is 2.43 bits per heavy atom. The largest absolute Gasteiger partial charge is 0.490 e. The molecule has 0 bridgehead atoms. The molecule has 0 saturated heterocycles. The molecule has 0 aliphatic carbocycles. The first kappa shape index (κ1) is 26.3. The van der Waals surface area contributed by atoms with Crippen molar-refractivity contribution < 1.29 is 19.4 Å². The molecule has 6 nitrogen and oxygen atoms in total. The first-order valence-electron chi connectivity index (χ1n) is 12.9. The summed E-state index contributed by atoms with van der Waals surface area (Å²) in [4.78, 5) is 12.5. The number of ether oxygens (including phenoxy) is 2. The first-order chi connectivity index (χ1) is 17.9. The Balaban J connectivity index is 1.57. The van der Waals surface area contributed by atoms with Crippen LogP contribution in [-0.4, -0.2) is 35.4 Å². The van der Waals surface area contributed by atoms with Crippen LogP contribution < -0.4 is 14.8 Å².